The van der Waals surface area contributed by atoms with Gasteiger partial charge in [-0.1, -0.05) is 29.5 Å². The number of hydrogen-bond donors (Lipinski definition) is 2. The molecule has 0 aliphatic heterocycles. The lowest BCUT2D eigenvalue weighted by Crippen LogP contribution is -2.22. The van der Waals surface area contributed by atoms with Crippen LogP contribution in [0.25, 0.3) is 11.3 Å². The van der Waals surface area contributed by atoms with Crippen LogP contribution >= 0.6 is 0 Å². The van der Waals surface area contributed by atoms with Crippen LogP contribution in [-0.2, 0) is 11.3 Å². The van der Waals surface area contributed by atoms with Crippen molar-refractivity contribution in [2.75, 3.05) is 7.11 Å². The van der Waals surface area contributed by atoms with Crippen molar-refractivity contribution in [2.45, 2.75) is 6.54 Å². The van der Waals surface area contributed by atoms with Crippen LogP contribution < -0.4 is 5.32 Å². The zero-order valence-electron chi connectivity index (χ0n) is 9.30. The van der Waals surface area contributed by atoms with Crippen molar-refractivity contribution >= 4 is 6.09 Å². The summed E-state index contributed by atoms with van der Waals surface area (Å²) in [4.78, 5) is 11.0. The molecule has 1 aromatic heterocycles. The lowest BCUT2D eigenvalue weighted by molar-refractivity contribution is 0.170. The first kappa shape index (κ1) is 11.1. The van der Waals surface area contributed by atoms with Gasteiger partial charge in [-0.3, -0.25) is 5.10 Å². The van der Waals surface area contributed by atoms with E-state index in [0.29, 0.717) is 6.54 Å². The Morgan fingerprint density at radius 3 is 3.00 bits per heavy atom. The molecule has 17 heavy (non-hydrogen) atoms. The molecule has 0 aliphatic rings. The summed E-state index contributed by atoms with van der Waals surface area (Å²) >= 11 is 0. The highest BCUT2D eigenvalue weighted by atomic mass is 16.5. The van der Waals surface area contributed by atoms with Crippen molar-refractivity contribution in [2.24, 2.45) is 0 Å². The molecule has 6 nitrogen and oxygen atoms in total. The fourth-order valence-corrected chi connectivity index (χ4v) is 1.50. The monoisotopic (exact) mass is 232 g/mol. The quantitative estimate of drug-likeness (QED) is 0.836. The Morgan fingerprint density at radius 2 is 2.29 bits per heavy atom. The third-order valence-electron chi connectivity index (χ3n) is 2.33. The Hall–Kier alpha value is -2.37. The van der Waals surface area contributed by atoms with Crippen molar-refractivity contribution in [1.29, 1.82) is 0 Å². The number of aromatic nitrogens is 3. The van der Waals surface area contributed by atoms with Crippen LogP contribution in [0.1, 0.15) is 5.56 Å². The molecule has 1 amide bonds. The average Bonchev–Trinajstić information content (AvgIpc) is 2.90. The average molecular weight is 232 g/mol. The minimum atomic E-state index is -0.456. The van der Waals surface area contributed by atoms with E-state index in [-0.39, 0.29) is 0 Å². The number of alkyl carbamates (subject to hydrolysis) is 1. The Morgan fingerprint density at radius 1 is 1.47 bits per heavy atom. The van der Waals surface area contributed by atoms with E-state index < -0.39 is 6.09 Å². The Balaban J connectivity index is 2.20. The molecule has 88 valence electrons. The van der Waals surface area contributed by atoms with E-state index in [1.165, 1.54) is 7.11 Å². The second kappa shape index (κ2) is 5.11. The standard InChI is InChI=1S/C11H12N4O2/c1-17-11(16)12-6-8-4-2-3-5-9(8)10-7-13-15-14-10/h2-5,7H,6H2,1H3,(H,12,16)(H,13,14,15). The first-order valence-corrected chi connectivity index (χ1v) is 5.07. The predicted molar refractivity (Wildman–Crippen MR) is 61.1 cm³/mol. The number of rotatable bonds is 3. The van der Waals surface area contributed by atoms with Gasteiger partial charge in [-0.15, -0.1) is 5.10 Å². The normalized spacial score (nSPS) is 9.94. The maximum atomic E-state index is 11.0. The van der Waals surface area contributed by atoms with E-state index in [9.17, 15) is 4.79 Å². The number of H-pyrrole nitrogens is 1. The van der Waals surface area contributed by atoms with Gasteiger partial charge in [0.2, 0.25) is 0 Å². The van der Waals surface area contributed by atoms with Gasteiger partial charge in [0.05, 0.1) is 19.0 Å². The van der Waals surface area contributed by atoms with Gasteiger partial charge < -0.3 is 10.1 Å². The number of ether oxygens (including phenoxy) is 1. The van der Waals surface area contributed by atoms with Crippen molar-refractivity contribution in [1.82, 2.24) is 20.7 Å². The Bertz CT molecular complexity index is 496. The first-order valence-electron chi connectivity index (χ1n) is 5.07. The molecule has 0 saturated carbocycles. The number of benzene rings is 1. The van der Waals surface area contributed by atoms with Crippen LogP contribution in [0, 0.1) is 0 Å². The molecule has 0 radical (unpaired) electrons. The molecular formula is C11H12N4O2. The summed E-state index contributed by atoms with van der Waals surface area (Å²) in [6.07, 6.45) is 1.18. The van der Waals surface area contributed by atoms with Gasteiger partial charge in [-0.25, -0.2) is 4.79 Å². The summed E-state index contributed by atoms with van der Waals surface area (Å²) in [6, 6.07) is 7.68. The van der Waals surface area contributed by atoms with Crippen molar-refractivity contribution in [3.8, 4) is 11.3 Å². The molecule has 0 spiro atoms. The molecule has 2 rings (SSSR count). The van der Waals surface area contributed by atoms with Gasteiger partial charge in [0.15, 0.2) is 0 Å². The van der Waals surface area contributed by atoms with Crippen LogP contribution in [-0.4, -0.2) is 28.6 Å². The molecule has 6 heteroatoms. The van der Waals surface area contributed by atoms with Crippen LogP contribution in [0.2, 0.25) is 0 Å². The number of amides is 1. The number of nitrogens with zero attached hydrogens (tertiary/aromatic N) is 2. The largest absolute Gasteiger partial charge is 0.453 e. The zero-order valence-corrected chi connectivity index (χ0v) is 9.30. The second-order valence-corrected chi connectivity index (χ2v) is 3.37. The molecule has 2 aromatic rings. The van der Waals surface area contributed by atoms with Crippen molar-refractivity contribution < 1.29 is 9.53 Å². The number of carbonyl (C=O) groups is 1. The van der Waals surface area contributed by atoms with Gasteiger partial charge in [0.25, 0.3) is 0 Å². The van der Waals surface area contributed by atoms with Gasteiger partial charge in [0.1, 0.15) is 0 Å². The summed E-state index contributed by atoms with van der Waals surface area (Å²) in [5.41, 5.74) is 2.73. The number of aromatic amines is 1. The smallest absolute Gasteiger partial charge is 0.407 e. The highest BCUT2D eigenvalue weighted by Crippen LogP contribution is 2.20. The molecule has 2 N–H and O–H groups in total. The van der Waals surface area contributed by atoms with Crippen molar-refractivity contribution in [3.63, 3.8) is 0 Å². The number of nitrogens with one attached hydrogen (secondary N) is 2. The second-order valence-electron chi connectivity index (χ2n) is 3.37. The van der Waals surface area contributed by atoms with Crippen LogP contribution in [0.15, 0.2) is 30.5 Å². The third kappa shape index (κ3) is 2.60. The molecule has 0 bridgehead atoms. The lowest BCUT2D eigenvalue weighted by atomic mass is 10.1. The molecule has 0 aliphatic carbocycles. The predicted octanol–water partition coefficient (Wildman–Crippen LogP) is 1.33. The zero-order chi connectivity index (χ0) is 12.1. The third-order valence-corrected chi connectivity index (χ3v) is 2.33. The summed E-state index contributed by atoms with van der Waals surface area (Å²) < 4.78 is 4.52. The Kier molecular flexibility index (Phi) is 3.34. The number of hydrogen-bond acceptors (Lipinski definition) is 4. The topological polar surface area (TPSA) is 79.9 Å². The van der Waals surface area contributed by atoms with Gasteiger partial charge in [-0.05, 0) is 5.56 Å². The Labute approximate surface area is 98.0 Å². The van der Waals surface area contributed by atoms with Crippen molar-refractivity contribution in [3.05, 3.63) is 36.0 Å². The summed E-state index contributed by atoms with van der Waals surface area (Å²) in [5.74, 6) is 0. The number of carbonyl (C=O) groups excluding carboxylic acids is 1. The molecule has 0 saturated heterocycles. The van der Waals surface area contributed by atoms with Crippen LogP contribution in [0.5, 0.6) is 0 Å². The van der Waals surface area contributed by atoms with Gasteiger partial charge >= 0.3 is 6.09 Å². The van der Waals surface area contributed by atoms with E-state index in [1.807, 2.05) is 24.3 Å². The summed E-state index contributed by atoms with van der Waals surface area (Å²) in [7, 11) is 1.33. The van der Waals surface area contributed by atoms with E-state index in [0.717, 1.165) is 16.8 Å². The molecule has 0 unspecified atom stereocenters. The maximum absolute atomic E-state index is 11.0. The highest BCUT2D eigenvalue weighted by Gasteiger charge is 2.07. The van der Waals surface area contributed by atoms with E-state index in [1.54, 1.807) is 6.20 Å². The fraction of sp³-hybridized carbons (Fsp3) is 0.182. The number of methoxy groups -OCH3 is 1. The summed E-state index contributed by atoms with van der Waals surface area (Å²) in [5, 5.41) is 12.8. The molecule has 1 aromatic carbocycles. The maximum Gasteiger partial charge on any atom is 0.407 e. The SMILES string of the molecule is COC(=O)NCc1ccccc1-c1cnn[nH]1. The minimum Gasteiger partial charge on any atom is -0.453 e. The lowest BCUT2D eigenvalue weighted by Gasteiger charge is -2.08. The van der Waals surface area contributed by atoms with Crippen LogP contribution in [0.3, 0.4) is 0 Å². The van der Waals surface area contributed by atoms with Crippen LogP contribution in [0.4, 0.5) is 4.79 Å². The molecule has 0 atom stereocenters. The van der Waals surface area contributed by atoms with E-state index in [2.05, 4.69) is 25.5 Å². The van der Waals surface area contributed by atoms with E-state index >= 15 is 0 Å². The highest BCUT2D eigenvalue weighted by molar-refractivity contribution is 5.68. The first-order chi connectivity index (χ1) is 8.31. The summed E-state index contributed by atoms with van der Waals surface area (Å²) in [6.45, 7) is 0.391. The molecule has 1 heterocycles. The van der Waals surface area contributed by atoms with E-state index in [4.69, 9.17) is 0 Å². The minimum absolute atomic E-state index is 0.391. The fourth-order valence-electron chi connectivity index (χ4n) is 1.50. The molecule has 0 fully saturated rings. The van der Waals surface area contributed by atoms with Gasteiger partial charge in [-0.2, -0.15) is 0 Å². The van der Waals surface area contributed by atoms with Gasteiger partial charge in [0, 0.05) is 12.1 Å². The molecular weight excluding hydrogens is 220 g/mol.